The third-order valence-corrected chi connectivity index (χ3v) is 4.99. The monoisotopic (exact) mass is 462 g/mol. The summed E-state index contributed by atoms with van der Waals surface area (Å²) in [4.78, 5) is 38.3. The van der Waals surface area contributed by atoms with E-state index in [1.54, 1.807) is 36.4 Å². The lowest BCUT2D eigenvalue weighted by Gasteiger charge is -2.26. The number of ether oxygens (including phenoxy) is 2. The maximum atomic E-state index is 12.9. The molecule has 0 unspecified atom stereocenters. The Balaban J connectivity index is 1.41. The van der Waals surface area contributed by atoms with Gasteiger partial charge in [-0.2, -0.15) is 0 Å². The standard InChI is InChI=1S/C25H19ClN2O5/c26-18-8-10-19(11-9-18)28-24(30)22(23(29)27-25(28)31)16-17-6-12-21(13-7-17)33-15-14-32-20-4-2-1-3-5-20/h1-13,16H,14-15H2,(H,27,29,31)/b22-16-. The maximum Gasteiger partial charge on any atom is 0.335 e. The van der Waals surface area contributed by atoms with Crippen molar-refractivity contribution in [2.45, 2.75) is 0 Å². The summed E-state index contributed by atoms with van der Waals surface area (Å²) < 4.78 is 11.2. The van der Waals surface area contributed by atoms with Crippen LogP contribution in [-0.4, -0.2) is 31.1 Å². The minimum atomic E-state index is -0.814. The fraction of sp³-hybridized carbons (Fsp3) is 0.0800. The van der Waals surface area contributed by atoms with Crippen LogP contribution in [0.4, 0.5) is 10.5 Å². The number of nitrogens with one attached hydrogen (secondary N) is 1. The van der Waals surface area contributed by atoms with Crippen molar-refractivity contribution in [3.05, 3.63) is 95.0 Å². The molecular formula is C25H19ClN2O5. The van der Waals surface area contributed by atoms with Gasteiger partial charge in [-0.3, -0.25) is 14.9 Å². The molecule has 166 valence electrons. The molecule has 0 spiro atoms. The summed E-state index contributed by atoms with van der Waals surface area (Å²) in [5.74, 6) is -0.0890. The van der Waals surface area contributed by atoms with Gasteiger partial charge in [-0.05, 0) is 60.2 Å². The summed E-state index contributed by atoms with van der Waals surface area (Å²) in [5, 5.41) is 2.65. The second kappa shape index (κ2) is 10.0. The van der Waals surface area contributed by atoms with Crippen molar-refractivity contribution in [1.29, 1.82) is 0 Å². The Kier molecular flexibility index (Phi) is 6.71. The fourth-order valence-electron chi connectivity index (χ4n) is 3.14. The molecule has 4 rings (SSSR count). The molecule has 0 aliphatic carbocycles. The van der Waals surface area contributed by atoms with E-state index >= 15 is 0 Å². The molecule has 33 heavy (non-hydrogen) atoms. The maximum absolute atomic E-state index is 12.9. The Morgan fingerprint density at radius 3 is 2.03 bits per heavy atom. The zero-order chi connectivity index (χ0) is 23.2. The highest BCUT2D eigenvalue weighted by atomic mass is 35.5. The van der Waals surface area contributed by atoms with Crippen LogP contribution < -0.4 is 19.7 Å². The Labute approximate surface area is 195 Å². The molecule has 0 aromatic heterocycles. The van der Waals surface area contributed by atoms with Crippen molar-refractivity contribution in [2.24, 2.45) is 0 Å². The first-order valence-electron chi connectivity index (χ1n) is 10.1. The Hall–Kier alpha value is -4.10. The molecule has 0 bridgehead atoms. The first-order chi connectivity index (χ1) is 16.0. The summed E-state index contributed by atoms with van der Waals surface area (Å²) in [6.45, 7) is 0.743. The van der Waals surface area contributed by atoms with Crippen LogP contribution >= 0.6 is 11.6 Å². The molecule has 3 aromatic rings. The predicted octanol–water partition coefficient (Wildman–Crippen LogP) is 4.46. The zero-order valence-electron chi connectivity index (χ0n) is 17.4. The number of nitrogens with zero attached hydrogens (tertiary/aromatic N) is 1. The van der Waals surface area contributed by atoms with E-state index in [9.17, 15) is 14.4 Å². The third-order valence-electron chi connectivity index (χ3n) is 4.74. The highest BCUT2D eigenvalue weighted by Gasteiger charge is 2.36. The SMILES string of the molecule is O=C1NC(=O)N(c2ccc(Cl)cc2)C(=O)/C1=C\c1ccc(OCCOc2ccccc2)cc1. The molecule has 1 heterocycles. The van der Waals surface area contributed by atoms with Gasteiger partial charge in [0.2, 0.25) is 0 Å². The minimum Gasteiger partial charge on any atom is -0.490 e. The van der Waals surface area contributed by atoms with Crippen LogP contribution in [0.15, 0.2) is 84.4 Å². The van der Waals surface area contributed by atoms with E-state index in [1.807, 2.05) is 30.3 Å². The third kappa shape index (κ3) is 5.39. The first-order valence-corrected chi connectivity index (χ1v) is 10.5. The summed E-state index contributed by atoms with van der Waals surface area (Å²) in [6.07, 6.45) is 1.43. The molecule has 4 amide bonds. The van der Waals surface area contributed by atoms with Gasteiger partial charge < -0.3 is 9.47 Å². The Bertz CT molecular complexity index is 1190. The highest BCUT2D eigenvalue weighted by molar-refractivity contribution is 6.39. The van der Waals surface area contributed by atoms with Gasteiger partial charge in [0.25, 0.3) is 11.8 Å². The molecule has 1 fully saturated rings. The van der Waals surface area contributed by atoms with Crippen LogP contribution in [0.5, 0.6) is 11.5 Å². The summed E-state index contributed by atoms with van der Waals surface area (Å²) in [5.41, 5.74) is 0.753. The number of para-hydroxylation sites is 1. The number of amides is 4. The lowest BCUT2D eigenvalue weighted by Crippen LogP contribution is -2.54. The molecule has 1 aliphatic rings. The number of imide groups is 2. The van der Waals surface area contributed by atoms with Crippen molar-refractivity contribution in [1.82, 2.24) is 5.32 Å². The normalized spacial score (nSPS) is 14.9. The van der Waals surface area contributed by atoms with Crippen LogP contribution in [0.3, 0.4) is 0 Å². The number of halogens is 1. The van der Waals surface area contributed by atoms with Gasteiger partial charge >= 0.3 is 6.03 Å². The topological polar surface area (TPSA) is 84.9 Å². The van der Waals surface area contributed by atoms with Gasteiger partial charge in [0.1, 0.15) is 30.3 Å². The van der Waals surface area contributed by atoms with E-state index in [1.165, 1.54) is 18.2 Å². The number of hydrogen-bond acceptors (Lipinski definition) is 5. The van der Waals surface area contributed by atoms with Gasteiger partial charge in [0.15, 0.2) is 0 Å². The van der Waals surface area contributed by atoms with Crippen LogP contribution in [0, 0.1) is 0 Å². The van der Waals surface area contributed by atoms with Crippen molar-refractivity contribution in [3.63, 3.8) is 0 Å². The summed E-state index contributed by atoms with van der Waals surface area (Å²) >= 11 is 5.88. The molecule has 3 aromatic carbocycles. The lowest BCUT2D eigenvalue weighted by atomic mass is 10.1. The van der Waals surface area contributed by atoms with E-state index in [-0.39, 0.29) is 5.57 Å². The largest absolute Gasteiger partial charge is 0.490 e. The van der Waals surface area contributed by atoms with E-state index in [4.69, 9.17) is 21.1 Å². The number of hydrogen-bond donors (Lipinski definition) is 1. The number of benzene rings is 3. The van der Waals surface area contributed by atoms with E-state index in [0.29, 0.717) is 35.2 Å². The predicted molar refractivity (Wildman–Crippen MR) is 124 cm³/mol. The first kappa shape index (κ1) is 22.1. The molecule has 0 atom stereocenters. The van der Waals surface area contributed by atoms with Crippen molar-refractivity contribution in [3.8, 4) is 11.5 Å². The number of urea groups is 1. The number of carbonyl (C=O) groups is 3. The average Bonchev–Trinajstić information content (AvgIpc) is 2.82. The Morgan fingerprint density at radius 1 is 0.788 bits per heavy atom. The fourth-order valence-corrected chi connectivity index (χ4v) is 3.27. The quantitative estimate of drug-likeness (QED) is 0.318. The second-order valence-electron chi connectivity index (χ2n) is 7.01. The zero-order valence-corrected chi connectivity index (χ0v) is 18.1. The molecule has 8 heteroatoms. The minimum absolute atomic E-state index is 0.158. The highest BCUT2D eigenvalue weighted by Crippen LogP contribution is 2.24. The Morgan fingerprint density at radius 2 is 1.39 bits per heavy atom. The summed E-state index contributed by atoms with van der Waals surface area (Å²) in [6, 6.07) is 21.7. The van der Waals surface area contributed by atoms with E-state index in [0.717, 1.165) is 10.6 Å². The van der Waals surface area contributed by atoms with Crippen molar-refractivity contribution in [2.75, 3.05) is 18.1 Å². The molecule has 1 aliphatic heterocycles. The molecule has 1 saturated heterocycles. The van der Waals surface area contributed by atoms with Crippen molar-refractivity contribution >= 4 is 41.2 Å². The number of anilines is 1. The molecular weight excluding hydrogens is 444 g/mol. The smallest absolute Gasteiger partial charge is 0.335 e. The molecule has 1 N–H and O–H groups in total. The lowest BCUT2D eigenvalue weighted by molar-refractivity contribution is -0.122. The van der Waals surface area contributed by atoms with Gasteiger partial charge in [0.05, 0.1) is 5.69 Å². The van der Waals surface area contributed by atoms with Crippen molar-refractivity contribution < 1.29 is 23.9 Å². The van der Waals surface area contributed by atoms with Gasteiger partial charge in [-0.1, -0.05) is 41.9 Å². The molecule has 0 radical (unpaired) electrons. The van der Waals surface area contributed by atoms with Crippen LogP contribution in [-0.2, 0) is 9.59 Å². The number of barbiturate groups is 1. The van der Waals surface area contributed by atoms with E-state index in [2.05, 4.69) is 5.32 Å². The molecule has 7 nitrogen and oxygen atoms in total. The summed E-state index contributed by atoms with van der Waals surface area (Å²) in [7, 11) is 0. The van der Waals surface area contributed by atoms with Gasteiger partial charge in [0, 0.05) is 5.02 Å². The van der Waals surface area contributed by atoms with Crippen LogP contribution in [0.2, 0.25) is 5.02 Å². The number of carbonyl (C=O) groups excluding carboxylic acids is 3. The van der Waals surface area contributed by atoms with Crippen LogP contribution in [0.1, 0.15) is 5.56 Å². The number of rotatable bonds is 7. The van der Waals surface area contributed by atoms with Crippen LogP contribution in [0.25, 0.3) is 6.08 Å². The van der Waals surface area contributed by atoms with Gasteiger partial charge in [-0.15, -0.1) is 0 Å². The van der Waals surface area contributed by atoms with Gasteiger partial charge in [-0.25, -0.2) is 9.69 Å². The van der Waals surface area contributed by atoms with E-state index < -0.39 is 17.8 Å². The average molecular weight is 463 g/mol. The molecule has 0 saturated carbocycles. The second-order valence-corrected chi connectivity index (χ2v) is 7.45.